The number of hydrogen-bond donors (Lipinski definition) is 5. The van der Waals surface area contributed by atoms with Crippen LogP contribution in [0.3, 0.4) is 0 Å². The zero-order valence-corrected chi connectivity index (χ0v) is 41.0. The van der Waals surface area contributed by atoms with E-state index in [9.17, 15) is 28.4 Å². The first-order chi connectivity index (χ1) is 27.3. The molecule has 0 aromatic heterocycles. The average molecular weight is 925 g/mol. The van der Waals surface area contributed by atoms with Crippen molar-refractivity contribution in [3.8, 4) is 0 Å². The van der Waals surface area contributed by atoms with Crippen molar-refractivity contribution in [1.29, 1.82) is 0 Å². The quantitative estimate of drug-likeness (QED) is 0.0222. The van der Waals surface area contributed by atoms with Crippen LogP contribution >= 0.6 is 23.5 Å². The topological polar surface area (TPSA) is 225 Å². The summed E-state index contributed by atoms with van der Waals surface area (Å²) in [6.07, 6.45) is 25.5. The Morgan fingerprint density at radius 2 is 0.474 bits per heavy atom. The molecule has 3 unspecified atom stereocenters. The van der Waals surface area contributed by atoms with Gasteiger partial charge in [0.25, 0.3) is 0 Å². The molecule has 0 heterocycles. The van der Waals surface area contributed by atoms with Crippen molar-refractivity contribution in [2.75, 3.05) is 52.9 Å². The summed E-state index contributed by atoms with van der Waals surface area (Å²) < 4.78 is 71.3. The van der Waals surface area contributed by atoms with Crippen molar-refractivity contribution in [3.05, 3.63) is 0 Å². The molecule has 3 atom stereocenters. The molecule has 0 radical (unpaired) electrons. The summed E-state index contributed by atoms with van der Waals surface area (Å²) in [5.74, 6) is 0. The van der Waals surface area contributed by atoms with E-state index in [0.717, 1.165) is 97.5 Å². The molecule has 0 rings (SSSR count). The molecule has 0 aliphatic rings. The molecule has 19 heteroatoms. The van der Waals surface area contributed by atoms with Gasteiger partial charge in [0.15, 0.2) is 0 Å². The van der Waals surface area contributed by atoms with Crippen LogP contribution in [0.5, 0.6) is 0 Å². The van der Waals surface area contributed by atoms with Crippen LogP contribution in [-0.4, -0.2) is 77.7 Å². The normalized spacial score (nSPS) is 13.8. The van der Waals surface area contributed by atoms with Gasteiger partial charge in [0, 0.05) is 0 Å². The summed E-state index contributed by atoms with van der Waals surface area (Å²) >= 11 is 0.750. The zero-order valence-electron chi connectivity index (χ0n) is 36.8. The van der Waals surface area contributed by atoms with Crippen LogP contribution in [0.2, 0.25) is 0 Å². The maximum absolute atomic E-state index is 11.3. The molecule has 0 bridgehead atoms. The van der Waals surface area contributed by atoms with Gasteiger partial charge < -0.3 is 24.9 Å². The summed E-state index contributed by atoms with van der Waals surface area (Å²) in [4.78, 5) is 27.9. The van der Waals surface area contributed by atoms with Gasteiger partial charge in [-0.25, -0.2) is 13.7 Å². The SMILES string of the molecule is CCCCCCCCOP(=O)(O)OCCCC.CCCCCCCCOP(=O)(O)OCCCC.CCCCCCCCOP(=O)(O)OCCCC.OCCO.[O]=[Ti]. The fraction of sp³-hybridized carbons (Fsp3) is 1.00. The van der Waals surface area contributed by atoms with Gasteiger partial charge in [-0.15, -0.1) is 0 Å². The molecule has 348 valence electrons. The van der Waals surface area contributed by atoms with Gasteiger partial charge in [0.1, 0.15) is 0 Å². The predicted molar refractivity (Wildman–Crippen MR) is 225 cm³/mol. The molecular weight excluding hydrogens is 837 g/mol. The maximum atomic E-state index is 11.3. The molecule has 0 fully saturated rings. The number of hydrogen-bond acceptors (Lipinski definition) is 12. The molecule has 0 aromatic carbocycles. The fourth-order valence-electron chi connectivity index (χ4n) is 4.27. The third kappa shape index (κ3) is 68.7. The van der Waals surface area contributed by atoms with Crippen molar-refractivity contribution in [2.24, 2.45) is 0 Å². The van der Waals surface area contributed by atoms with Crippen molar-refractivity contribution >= 4 is 23.5 Å². The van der Waals surface area contributed by atoms with E-state index in [2.05, 4.69) is 20.8 Å². The molecule has 0 spiro atoms. The predicted octanol–water partition coefficient (Wildman–Crippen LogP) is 11.7. The summed E-state index contributed by atoms with van der Waals surface area (Å²) in [5.41, 5.74) is 0. The van der Waals surface area contributed by atoms with E-state index >= 15 is 0 Å². The van der Waals surface area contributed by atoms with Crippen LogP contribution in [0, 0.1) is 0 Å². The van der Waals surface area contributed by atoms with E-state index in [1.165, 1.54) is 77.0 Å². The molecule has 0 saturated carbocycles. The molecule has 5 N–H and O–H groups in total. The number of phosphoric acid groups is 3. The summed E-state index contributed by atoms with van der Waals surface area (Å²) in [5, 5.41) is 15.2. The van der Waals surface area contributed by atoms with Crippen LogP contribution in [0.4, 0.5) is 0 Å². The Morgan fingerprint density at radius 1 is 0.316 bits per heavy atom. The van der Waals surface area contributed by atoms with Crippen molar-refractivity contribution in [3.63, 3.8) is 0 Å². The standard InChI is InChI=1S/3C12H27O4P.C2H6O2.O.Ti/c3*1-3-5-7-8-9-10-12-16-17(13,14)15-11-6-4-2;3-1-2-4;;/h3*3-12H2,1-2H3,(H,13,14);3-4H,1-2H2;;. The van der Waals surface area contributed by atoms with Gasteiger partial charge in [0.2, 0.25) is 0 Å². The second kappa shape index (κ2) is 54.8. The summed E-state index contributed by atoms with van der Waals surface area (Å²) in [6, 6.07) is 0. The third-order valence-electron chi connectivity index (χ3n) is 7.61. The fourth-order valence-corrected chi connectivity index (χ4v) is 6.65. The molecule has 0 amide bonds. The monoisotopic (exact) mass is 924 g/mol. The van der Waals surface area contributed by atoms with Crippen LogP contribution in [0.15, 0.2) is 0 Å². The minimum absolute atomic E-state index is 0.125. The molecular formula is C38H87O15P3Ti. The van der Waals surface area contributed by atoms with E-state index in [0.29, 0.717) is 39.6 Å². The Morgan fingerprint density at radius 3 is 0.649 bits per heavy atom. The van der Waals surface area contributed by atoms with Crippen molar-refractivity contribution in [1.82, 2.24) is 0 Å². The van der Waals surface area contributed by atoms with Crippen LogP contribution in [0.25, 0.3) is 0 Å². The number of unbranched alkanes of at least 4 members (excludes halogenated alkanes) is 18. The van der Waals surface area contributed by atoms with Crippen LogP contribution in [0.1, 0.15) is 196 Å². The van der Waals surface area contributed by atoms with Crippen molar-refractivity contribution in [2.45, 2.75) is 196 Å². The molecule has 0 aliphatic heterocycles. The first kappa shape index (κ1) is 66.9. The van der Waals surface area contributed by atoms with Gasteiger partial charge in [-0.2, -0.15) is 0 Å². The molecule has 0 aromatic rings. The van der Waals surface area contributed by atoms with Crippen LogP contribution < -0.4 is 0 Å². The first-order valence-corrected chi connectivity index (χ1v) is 26.7. The van der Waals surface area contributed by atoms with Gasteiger partial charge >= 0.3 is 47.2 Å². The molecule has 15 nitrogen and oxygen atoms in total. The Labute approximate surface area is 360 Å². The second-order valence-electron chi connectivity index (χ2n) is 13.2. The third-order valence-corrected chi connectivity index (χ3v) is 10.7. The minimum atomic E-state index is -3.78. The summed E-state index contributed by atoms with van der Waals surface area (Å²) in [7, 11) is -11.4. The van der Waals surface area contributed by atoms with E-state index in [-0.39, 0.29) is 13.2 Å². The first-order valence-electron chi connectivity index (χ1n) is 21.6. The molecule has 0 aliphatic carbocycles. The molecule has 57 heavy (non-hydrogen) atoms. The number of aliphatic hydroxyl groups excluding tert-OH is 2. The molecule has 0 saturated heterocycles. The number of aliphatic hydroxyl groups is 2. The Hall–Kier alpha value is 0.764. The Kier molecular flexibility index (Phi) is 64.3. The zero-order chi connectivity index (χ0) is 44.4. The Bertz CT molecular complexity index is 788. The van der Waals surface area contributed by atoms with Gasteiger partial charge in [-0.3, -0.25) is 27.1 Å². The van der Waals surface area contributed by atoms with E-state index in [1.54, 1.807) is 0 Å². The number of rotatable bonds is 37. The Balaban J connectivity index is -0.000000221. The van der Waals surface area contributed by atoms with Gasteiger partial charge in [-0.1, -0.05) is 157 Å². The van der Waals surface area contributed by atoms with Crippen molar-refractivity contribution < 1.29 is 89.5 Å². The van der Waals surface area contributed by atoms with Gasteiger partial charge in [-0.05, 0) is 38.5 Å². The second-order valence-corrected chi connectivity index (χ2v) is 17.6. The van der Waals surface area contributed by atoms with E-state index in [4.69, 9.17) is 40.7 Å². The average Bonchev–Trinajstić information content (AvgIpc) is 3.18. The van der Waals surface area contributed by atoms with Crippen LogP contribution in [-0.2, 0) is 64.6 Å². The van der Waals surface area contributed by atoms with E-state index < -0.39 is 23.5 Å². The summed E-state index contributed by atoms with van der Waals surface area (Å²) in [6.45, 7) is 14.1. The van der Waals surface area contributed by atoms with Gasteiger partial charge in [0.05, 0.1) is 52.9 Å². The van der Waals surface area contributed by atoms with E-state index in [1.807, 2.05) is 20.8 Å². The number of phosphoric ester groups is 3.